The van der Waals surface area contributed by atoms with E-state index in [1.807, 2.05) is 33.8 Å². The molecule has 0 bridgehead atoms. The van der Waals surface area contributed by atoms with Crippen LogP contribution in [0.1, 0.15) is 49.4 Å². The molecule has 0 spiro atoms. The van der Waals surface area contributed by atoms with E-state index in [0.717, 1.165) is 15.4 Å². The highest BCUT2D eigenvalue weighted by Crippen LogP contribution is 2.28. The van der Waals surface area contributed by atoms with Gasteiger partial charge in [0.1, 0.15) is 18.4 Å². The summed E-state index contributed by atoms with van der Waals surface area (Å²) in [5, 5.41) is 2.86. The van der Waals surface area contributed by atoms with E-state index in [1.165, 1.54) is 29.2 Å². The summed E-state index contributed by atoms with van der Waals surface area (Å²) in [6, 6.07) is 16.5. The van der Waals surface area contributed by atoms with Gasteiger partial charge < -0.3 is 10.2 Å². The molecule has 0 heterocycles. The first kappa shape index (κ1) is 30.8. The molecule has 0 aliphatic carbocycles. The molecule has 0 aliphatic rings. The first-order chi connectivity index (χ1) is 18.8. The third-order valence-corrected chi connectivity index (χ3v) is 8.37. The number of aryl methyl sites for hydroxylation is 3. The van der Waals surface area contributed by atoms with E-state index in [-0.39, 0.29) is 23.4 Å². The van der Waals surface area contributed by atoms with Gasteiger partial charge in [0, 0.05) is 12.6 Å². The van der Waals surface area contributed by atoms with E-state index < -0.39 is 34.3 Å². The van der Waals surface area contributed by atoms with E-state index in [9.17, 15) is 22.4 Å². The van der Waals surface area contributed by atoms with Crippen molar-refractivity contribution in [3.8, 4) is 0 Å². The van der Waals surface area contributed by atoms with Crippen LogP contribution in [0.25, 0.3) is 0 Å². The van der Waals surface area contributed by atoms with Crippen molar-refractivity contribution < 1.29 is 22.4 Å². The molecule has 0 radical (unpaired) electrons. The molecular weight excluding hydrogens is 529 g/mol. The SMILES string of the molecule is CCC(C(=O)NC(C)C)N(Cc1ccc(F)cc1)C(=O)CN(c1ccc(C)cc1C)S(=O)(=O)c1ccc(C)cc1. The molecule has 9 heteroatoms. The van der Waals surface area contributed by atoms with E-state index in [1.54, 1.807) is 50.2 Å². The maximum Gasteiger partial charge on any atom is 0.264 e. The second kappa shape index (κ2) is 13.1. The second-order valence-corrected chi connectivity index (χ2v) is 12.2. The molecule has 3 aromatic carbocycles. The lowest BCUT2D eigenvalue weighted by atomic mass is 10.1. The number of nitrogens with zero attached hydrogens (tertiary/aromatic N) is 2. The fourth-order valence-electron chi connectivity index (χ4n) is 4.52. The number of carbonyl (C=O) groups excluding carboxylic acids is 2. The number of anilines is 1. The number of halogens is 1. The van der Waals surface area contributed by atoms with Crippen LogP contribution in [-0.4, -0.2) is 43.8 Å². The molecule has 0 saturated heterocycles. The molecule has 40 heavy (non-hydrogen) atoms. The van der Waals surface area contributed by atoms with Gasteiger partial charge in [0.2, 0.25) is 11.8 Å². The van der Waals surface area contributed by atoms with Crippen molar-refractivity contribution in [2.45, 2.75) is 71.5 Å². The first-order valence-corrected chi connectivity index (χ1v) is 14.8. The van der Waals surface area contributed by atoms with Crippen molar-refractivity contribution in [3.63, 3.8) is 0 Å². The first-order valence-electron chi connectivity index (χ1n) is 13.3. The molecule has 0 aliphatic heterocycles. The van der Waals surface area contributed by atoms with Gasteiger partial charge in [-0.1, -0.05) is 54.4 Å². The molecule has 214 valence electrons. The Labute approximate surface area is 237 Å². The smallest absolute Gasteiger partial charge is 0.264 e. The average molecular weight is 568 g/mol. The minimum atomic E-state index is -4.15. The maximum absolute atomic E-state index is 14.1. The van der Waals surface area contributed by atoms with Gasteiger partial charge in [-0.25, -0.2) is 12.8 Å². The number of benzene rings is 3. The van der Waals surface area contributed by atoms with Crippen molar-refractivity contribution in [2.75, 3.05) is 10.8 Å². The summed E-state index contributed by atoms with van der Waals surface area (Å²) in [6.45, 7) is 10.5. The summed E-state index contributed by atoms with van der Waals surface area (Å²) in [4.78, 5) is 28.7. The van der Waals surface area contributed by atoms with Crippen molar-refractivity contribution in [3.05, 3.63) is 94.8 Å². The van der Waals surface area contributed by atoms with E-state index in [2.05, 4.69) is 5.32 Å². The minimum absolute atomic E-state index is 0.00837. The fourth-order valence-corrected chi connectivity index (χ4v) is 6.00. The highest BCUT2D eigenvalue weighted by molar-refractivity contribution is 7.92. The highest BCUT2D eigenvalue weighted by atomic mass is 32.2. The Morgan fingerprint density at radius 3 is 2.05 bits per heavy atom. The van der Waals surface area contributed by atoms with Crippen LogP contribution in [0.5, 0.6) is 0 Å². The molecule has 1 N–H and O–H groups in total. The zero-order chi connectivity index (χ0) is 29.6. The highest BCUT2D eigenvalue weighted by Gasteiger charge is 2.34. The topological polar surface area (TPSA) is 86.8 Å². The fraction of sp³-hybridized carbons (Fsp3) is 0.355. The van der Waals surface area contributed by atoms with E-state index in [0.29, 0.717) is 23.2 Å². The minimum Gasteiger partial charge on any atom is -0.352 e. The molecule has 1 unspecified atom stereocenters. The number of nitrogens with one attached hydrogen (secondary N) is 1. The van der Waals surface area contributed by atoms with E-state index in [4.69, 9.17) is 0 Å². The van der Waals surface area contributed by atoms with Crippen LogP contribution >= 0.6 is 0 Å². The summed E-state index contributed by atoms with van der Waals surface area (Å²) in [7, 11) is -4.15. The summed E-state index contributed by atoms with van der Waals surface area (Å²) < 4.78 is 42.7. The Morgan fingerprint density at radius 1 is 0.900 bits per heavy atom. The predicted molar refractivity (Wildman–Crippen MR) is 156 cm³/mol. The lowest BCUT2D eigenvalue weighted by Gasteiger charge is -2.34. The maximum atomic E-state index is 14.1. The summed E-state index contributed by atoms with van der Waals surface area (Å²) in [5.41, 5.74) is 3.54. The number of sulfonamides is 1. The standard InChI is InChI=1S/C31H38FN3O4S/c1-7-28(31(37)33-21(2)3)34(19-25-11-13-26(32)14-12-25)30(36)20-35(29-17-10-23(5)18-24(29)6)40(38,39)27-15-8-22(4)9-16-27/h8-18,21,28H,7,19-20H2,1-6H3,(H,33,37). The van der Waals surface area contributed by atoms with Crippen LogP contribution in [0.2, 0.25) is 0 Å². The van der Waals surface area contributed by atoms with Crippen molar-refractivity contribution in [2.24, 2.45) is 0 Å². The molecule has 3 rings (SSSR count). The molecule has 2 amide bonds. The van der Waals surface area contributed by atoms with Crippen LogP contribution in [0.15, 0.2) is 71.6 Å². The predicted octanol–water partition coefficient (Wildman–Crippen LogP) is 5.28. The van der Waals surface area contributed by atoms with Crippen LogP contribution in [0.4, 0.5) is 10.1 Å². The van der Waals surface area contributed by atoms with Gasteiger partial charge >= 0.3 is 0 Å². The number of amides is 2. The molecule has 0 fully saturated rings. The quantitative estimate of drug-likeness (QED) is 0.342. The number of rotatable bonds is 11. The van der Waals surface area contributed by atoms with Gasteiger partial charge in [0.05, 0.1) is 10.6 Å². The van der Waals surface area contributed by atoms with Crippen molar-refractivity contribution in [1.29, 1.82) is 0 Å². The summed E-state index contributed by atoms with van der Waals surface area (Å²) in [6.07, 6.45) is 0.305. The summed E-state index contributed by atoms with van der Waals surface area (Å²) >= 11 is 0. The molecule has 7 nitrogen and oxygen atoms in total. The van der Waals surface area contributed by atoms with Gasteiger partial charge in [-0.3, -0.25) is 13.9 Å². The summed E-state index contributed by atoms with van der Waals surface area (Å²) in [5.74, 6) is -1.31. The average Bonchev–Trinajstić information content (AvgIpc) is 2.88. The second-order valence-electron chi connectivity index (χ2n) is 10.4. The van der Waals surface area contributed by atoms with Gasteiger partial charge in [-0.15, -0.1) is 0 Å². The van der Waals surface area contributed by atoms with Gasteiger partial charge in [0.15, 0.2) is 0 Å². The molecule has 1 atom stereocenters. The Balaban J connectivity index is 2.09. The molecular formula is C31H38FN3O4S. The third-order valence-electron chi connectivity index (χ3n) is 6.59. The number of hydrogen-bond donors (Lipinski definition) is 1. The monoisotopic (exact) mass is 567 g/mol. The number of hydrogen-bond acceptors (Lipinski definition) is 4. The molecule has 0 saturated carbocycles. The lowest BCUT2D eigenvalue weighted by Crippen LogP contribution is -2.53. The largest absolute Gasteiger partial charge is 0.352 e. The Bertz CT molecular complexity index is 1440. The van der Waals surface area contributed by atoms with Gasteiger partial charge in [-0.2, -0.15) is 0 Å². The molecule has 3 aromatic rings. The zero-order valence-corrected chi connectivity index (χ0v) is 24.8. The Kier molecular flexibility index (Phi) is 10.1. The van der Waals surface area contributed by atoms with Crippen LogP contribution in [0, 0.1) is 26.6 Å². The van der Waals surface area contributed by atoms with Gasteiger partial charge in [-0.05, 0) is 82.5 Å². The third kappa shape index (κ3) is 7.47. The normalized spacial score (nSPS) is 12.2. The number of carbonyl (C=O) groups is 2. The molecule has 0 aromatic heterocycles. The van der Waals surface area contributed by atoms with Crippen LogP contribution in [-0.2, 0) is 26.2 Å². The van der Waals surface area contributed by atoms with Crippen LogP contribution < -0.4 is 9.62 Å². The van der Waals surface area contributed by atoms with Crippen molar-refractivity contribution >= 4 is 27.5 Å². The Morgan fingerprint density at radius 2 is 1.50 bits per heavy atom. The van der Waals surface area contributed by atoms with E-state index >= 15 is 0 Å². The van der Waals surface area contributed by atoms with Crippen LogP contribution in [0.3, 0.4) is 0 Å². The van der Waals surface area contributed by atoms with Crippen molar-refractivity contribution in [1.82, 2.24) is 10.2 Å². The lowest BCUT2D eigenvalue weighted by molar-refractivity contribution is -0.140. The zero-order valence-electron chi connectivity index (χ0n) is 23.9. The Hall–Kier alpha value is -3.72. The van der Waals surface area contributed by atoms with Gasteiger partial charge in [0.25, 0.3) is 10.0 Å².